The van der Waals surface area contributed by atoms with Crippen molar-refractivity contribution in [3.63, 3.8) is 0 Å². The summed E-state index contributed by atoms with van der Waals surface area (Å²) in [6, 6.07) is 21.7. The number of amides is 1. The zero-order valence-electron chi connectivity index (χ0n) is 17.7. The Morgan fingerprint density at radius 2 is 1.75 bits per heavy atom. The maximum atomic E-state index is 12.9. The molecule has 0 saturated heterocycles. The molecule has 0 radical (unpaired) electrons. The van der Waals surface area contributed by atoms with Gasteiger partial charge < -0.3 is 14.8 Å². The summed E-state index contributed by atoms with van der Waals surface area (Å²) in [7, 11) is 3.23. The van der Waals surface area contributed by atoms with Crippen LogP contribution in [0.5, 0.6) is 11.5 Å². The van der Waals surface area contributed by atoms with Crippen LogP contribution in [0.4, 0.5) is 0 Å². The first-order valence-electron chi connectivity index (χ1n) is 9.97. The van der Waals surface area contributed by atoms with Gasteiger partial charge in [0.1, 0.15) is 5.69 Å². The summed E-state index contributed by atoms with van der Waals surface area (Å²) in [4.78, 5) is 17.1. The second-order valence-corrected chi connectivity index (χ2v) is 8.33. The van der Waals surface area contributed by atoms with Gasteiger partial charge in [0.2, 0.25) is 0 Å². The van der Waals surface area contributed by atoms with Gasteiger partial charge in [-0.3, -0.25) is 9.36 Å². The van der Waals surface area contributed by atoms with Crippen LogP contribution in [0.25, 0.3) is 16.8 Å². The lowest BCUT2D eigenvalue weighted by Crippen LogP contribution is -2.25. The number of hydrogen-bond acceptors (Lipinski definition) is 4. The molecule has 0 aliphatic heterocycles. The average Bonchev–Trinajstić information content (AvgIpc) is 3.32. The molecule has 0 fully saturated rings. The van der Waals surface area contributed by atoms with Crippen LogP contribution in [0.3, 0.4) is 0 Å². The van der Waals surface area contributed by atoms with Crippen LogP contribution in [0.15, 0.2) is 79.3 Å². The van der Waals surface area contributed by atoms with Crippen LogP contribution < -0.4 is 14.8 Å². The van der Waals surface area contributed by atoms with Crippen molar-refractivity contribution < 1.29 is 14.3 Å². The maximum absolute atomic E-state index is 12.9. The highest BCUT2D eigenvalue weighted by atomic mass is 127. The third kappa shape index (κ3) is 4.77. The van der Waals surface area contributed by atoms with E-state index in [1.54, 1.807) is 31.3 Å². The van der Waals surface area contributed by atoms with Gasteiger partial charge in [0.25, 0.3) is 5.91 Å². The number of hydrogen-bond donors (Lipinski definition) is 1. The molecule has 162 valence electrons. The fraction of sp³-hybridized carbons (Fsp3) is 0.120. The number of rotatable bonds is 7. The summed E-state index contributed by atoms with van der Waals surface area (Å²) in [6.45, 7) is 0.451. The Morgan fingerprint density at radius 3 is 2.53 bits per heavy atom. The minimum atomic E-state index is -0.183. The third-order valence-corrected chi connectivity index (χ3v) is 5.73. The second kappa shape index (κ2) is 9.86. The lowest BCUT2D eigenvalue weighted by atomic mass is 10.0. The van der Waals surface area contributed by atoms with Crippen molar-refractivity contribution in [2.24, 2.45) is 0 Å². The van der Waals surface area contributed by atoms with Gasteiger partial charge in [0.15, 0.2) is 11.5 Å². The maximum Gasteiger partial charge on any atom is 0.270 e. The van der Waals surface area contributed by atoms with Gasteiger partial charge in [0, 0.05) is 15.8 Å². The monoisotopic (exact) mass is 539 g/mol. The van der Waals surface area contributed by atoms with E-state index in [-0.39, 0.29) is 5.91 Å². The Bertz CT molecular complexity index is 1250. The lowest BCUT2D eigenvalue weighted by Gasteiger charge is -2.12. The number of methoxy groups -OCH3 is 2. The first kappa shape index (κ1) is 21.9. The molecule has 0 aliphatic rings. The van der Waals surface area contributed by atoms with E-state index in [2.05, 4.69) is 32.9 Å². The van der Waals surface area contributed by atoms with E-state index in [0.29, 0.717) is 23.7 Å². The Kier molecular flexibility index (Phi) is 6.75. The summed E-state index contributed by atoms with van der Waals surface area (Å²) < 4.78 is 13.7. The van der Waals surface area contributed by atoms with Crippen molar-refractivity contribution in [3.05, 3.63) is 94.1 Å². The SMILES string of the molecule is COc1ccc(-c2cccc(-n3cncc3C(=O)NCc3cccc(I)c3)c2)cc1OC. The van der Waals surface area contributed by atoms with E-state index in [4.69, 9.17) is 9.47 Å². The number of halogens is 1. The Morgan fingerprint density at radius 1 is 0.969 bits per heavy atom. The number of carbonyl (C=O) groups is 1. The van der Waals surface area contributed by atoms with Crippen molar-refractivity contribution in [3.8, 4) is 28.3 Å². The number of carbonyl (C=O) groups excluding carboxylic acids is 1. The van der Waals surface area contributed by atoms with Gasteiger partial charge in [-0.1, -0.05) is 30.3 Å². The third-order valence-electron chi connectivity index (χ3n) is 5.05. The molecule has 1 amide bonds. The topological polar surface area (TPSA) is 65.4 Å². The smallest absolute Gasteiger partial charge is 0.270 e. The van der Waals surface area contributed by atoms with E-state index >= 15 is 0 Å². The summed E-state index contributed by atoms with van der Waals surface area (Å²) in [6.07, 6.45) is 3.22. The van der Waals surface area contributed by atoms with Gasteiger partial charge in [-0.05, 0) is 75.7 Å². The van der Waals surface area contributed by atoms with E-state index in [9.17, 15) is 4.79 Å². The molecule has 1 N–H and O–H groups in total. The molecule has 0 atom stereocenters. The number of aromatic nitrogens is 2. The predicted molar refractivity (Wildman–Crippen MR) is 132 cm³/mol. The quantitative estimate of drug-likeness (QED) is 0.333. The fourth-order valence-corrected chi connectivity index (χ4v) is 4.05. The highest BCUT2D eigenvalue weighted by Crippen LogP contribution is 2.33. The minimum Gasteiger partial charge on any atom is -0.493 e. The van der Waals surface area contributed by atoms with E-state index < -0.39 is 0 Å². The van der Waals surface area contributed by atoms with E-state index in [1.807, 2.05) is 66.7 Å². The van der Waals surface area contributed by atoms with Crippen LogP contribution in [-0.4, -0.2) is 29.7 Å². The largest absolute Gasteiger partial charge is 0.493 e. The molecule has 3 aromatic carbocycles. The van der Waals surface area contributed by atoms with Crippen LogP contribution in [0.1, 0.15) is 16.1 Å². The summed E-state index contributed by atoms with van der Waals surface area (Å²) in [5.41, 5.74) is 4.33. The summed E-state index contributed by atoms with van der Waals surface area (Å²) in [5.74, 6) is 1.15. The van der Waals surface area contributed by atoms with Gasteiger partial charge in [-0.25, -0.2) is 4.98 Å². The number of benzene rings is 3. The minimum absolute atomic E-state index is 0.183. The second-order valence-electron chi connectivity index (χ2n) is 7.08. The molecular weight excluding hydrogens is 517 g/mol. The molecular formula is C25H22IN3O3. The van der Waals surface area contributed by atoms with Crippen molar-refractivity contribution >= 4 is 28.5 Å². The zero-order valence-corrected chi connectivity index (χ0v) is 19.9. The van der Waals surface area contributed by atoms with E-state index in [1.165, 1.54) is 0 Å². The molecule has 7 heteroatoms. The fourth-order valence-electron chi connectivity index (χ4n) is 3.44. The molecule has 1 aromatic heterocycles. The Labute approximate surface area is 200 Å². The molecule has 0 spiro atoms. The van der Waals surface area contributed by atoms with Crippen molar-refractivity contribution in [2.45, 2.75) is 6.54 Å². The lowest BCUT2D eigenvalue weighted by molar-refractivity contribution is 0.0944. The molecule has 32 heavy (non-hydrogen) atoms. The summed E-state index contributed by atoms with van der Waals surface area (Å²) in [5, 5.41) is 2.98. The molecule has 0 aliphatic carbocycles. The van der Waals surface area contributed by atoms with Crippen molar-refractivity contribution in [1.82, 2.24) is 14.9 Å². The molecule has 4 aromatic rings. The average molecular weight is 539 g/mol. The number of nitrogens with zero attached hydrogens (tertiary/aromatic N) is 2. The van der Waals surface area contributed by atoms with Crippen LogP contribution >= 0.6 is 22.6 Å². The van der Waals surface area contributed by atoms with Gasteiger partial charge in [-0.15, -0.1) is 0 Å². The first-order valence-corrected chi connectivity index (χ1v) is 11.0. The Hall–Kier alpha value is -3.33. The number of imidazole rings is 1. The zero-order chi connectivity index (χ0) is 22.5. The predicted octanol–water partition coefficient (Wildman–Crippen LogP) is 5.09. The highest BCUT2D eigenvalue weighted by Gasteiger charge is 2.14. The molecule has 6 nitrogen and oxygen atoms in total. The van der Waals surface area contributed by atoms with Crippen LogP contribution in [0.2, 0.25) is 0 Å². The van der Waals surface area contributed by atoms with Crippen molar-refractivity contribution in [2.75, 3.05) is 14.2 Å². The van der Waals surface area contributed by atoms with Gasteiger partial charge >= 0.3 is 0 Å². The molecule has 1 heterocycles. The normalized spacial score (nSPS) is 10.6. The van der Waals surface area contributed by atoms with E-state index in [0.717, 1.165) is 25.9 Å². The Balaban J connectivity index is 1.58. The molecule has 0 unspecified atom stereocenters. The van der Waals surface area contributed by atoms with Crippen LogP contribution in [0, 0.1) is 3.57 Å². The molecule has 4 rings (SSSR count). The number of ether oxygens (including phenoxy) is 2. The van der Waals surface area contributed by atoms with Gasteiger partial charge in [-0.2, -0.15) is 0 Å². The highest BCUT2D eigenvalue weighted by molar-refractivity contribution is 14.1. The van der Waals surface area contributed by atoms with Gasteiger partial charge in [0.05, 0.1) is 26.7 Å². The number of nitrogens with one attached hydrogen (secondary N) is 1. The molecule has 0 saturated carbocycles. The van der Waals surface area contributed by atoms with Crippen molar-refractivity contribution in [1.29, 1.82) is 0 Å². The molecule has 0 bridgehead atoms. The standard InChI is InChI=1S/C25H22IN3O3/c1-31-23-10-9-19(13-24(23)32-2)18-6-4-8-21(12-18)29-16-27-15-22(29)25(30)28-14-17-5-3-7-20(26)11-17/h3-13,15-16H,14H2,1-2H3,(H,28,30). The summed E-state index contributed by atoms with van der Waals surface area (Å²) >= 11 is 2.26. The van der Waals surface area contributed by atoms with Crippen LogP contribution in [-0.2, 0) is 6.54 Å². The first-order chi connectivity index (χ1) is 15.6.